The topological polar surface area (TPSA) is 32.6 Å². The van der Waals surface area contributed by atoms with E-state index in [0.29, 0.717) is 19.8 Å². The molecule has 2 aromatic carbocycles. The molecule has 134 valence electrons. The van der Waals surface area contributed by atoms with Gasteiger partial charge in [0, 0.05) is 41.6 Å². The van der Waals surface area contributed by atoms with E-state index < -0.39 is 8.80 Å². The van der Waals surface area contributed by atoms with E-state index in [-0.39, 0.29) is 5.67 Å². The average Bonchev–Trinajstić information content (AvgIpc) is 2.96. The summed E-state index contributed by atoms with van der Waals surface area (Å²) >= 11 is 0. The van der Waals surface area contributed by atoms with Gasteiger partial charge in [-0.25, -0.2) is 0 Å². The Hall–Kier alpha value is -1.66. The zero-order chi connectivity index (χ0) is 17.9. The van der Waals surface area contributed by atoms with Gasteiger partial charge in [0.15, 0.2) is 0 Å². The van der Waals surface area contributed by atoms with Gasteiger partial charge >= 0.3 is 8.80 Å². The Morgan fingerprint density at radius 3 is 1.56 bits per heavy atom. The molecule has 3 aromatic rings. The molecule has 0 radical (unpaired) electrons. The highest BCUT2D eigenvalue weighted by Gasteiger charge is 2.48. The van der Waals surface area contributed by atoms with Gasteiger partial charge in [-0.05, 0) is 39.8 Å². The number of fused-ring (bicyclic) bond motifs is 3. The molecule has 0 aliphatic rings. The molecule has 0 amide bonds. The second-order valence-electron chi connectivity index (χ2n) is 5.98. The van der Waals surface area contributed by atoms with Crippen molar-refractivity contribution >= 4 is 30.6 Å². The average molecular weight is 358 g/mol. The third-order valence-corrected chi connectivity index (χ3v) is 7.91. The lowest BCUT2D eigenvalue weighted by molar-refractivity contribution is 0.0567. The highest BCUT2D eigenvalue weighted by Crippen LogP contribution is 2.35. The van der Waals surface area contributed by atoms with E-state index in [1.807, 2.05) is 20.8 Å². The fourth-order valence-electron chi connectivity index (χ4n) is 3.62. The quantitative estimate of drug-likeness (QED) is 0.535. The Kier molecular flexibility index (Phi) is 5.59. The number of benzene rings is 2. The SMILES string of the molecule is CCO[Si](OCC)(OCC)C(C)n1c2ccccc2c2ccccc21. The van der Waals surface area contributed by atoms with Crippen LogP contribution in [0.3, 0.4) is 0 Å². The molecular formula is C20H27NO3Si. The van der Waals surface area contributed by atoms with Crippen LogP contribution in [0.2, 0.25) is 0 Å². The van der Waals surface area contributed by atoms with Crippen molar-refractivity contribution in [1.29, 1.82) is 0 Å². The minimum absolute atomic E-state index is 0.0165. The van der Waals surface area contributed by atoms with Gasteiger partial charge in [0.05, 0.1) is 0 Å². The van der Waals surface area contributed by atoms with Crippen LogP contribution < -0.4 is 0 Å². The van der Waals surface area contributed by atoms with E-state index in [2.05, 4.69) is 60.0 Å². The smallest absolute Gasteiger partial charge is 0.373 e. The highest BCUT2D eigenvalue weighted by atomic mass is 28.4. The number of hydrogen-bond donors (Lipinski definition) is 0. The molecule has 0 saturated carbocycles. The molecule has 5 heteroatoms. The van der Waals surface area contributed by atoms with E-state index in [0.717, 1.165) is 0 Å². The van der Waals surface area contributed by atoms with E-state index in [4.69, 9.17) is 13.3 Å². The summed E-state index contributed by atoms with van der Waals surface area (Å²) in [5, 5.41) is 2.50. The van der Waals surface area contributed by atoms with Gasteiger partial charge in [0.2, 0.25) is 0 Å². The predicted molar refractivity (Wildman–Crippen MR) is 105 cm³/mol. The monoisotopic (exact) mass is 357 g/mol. The molecule has 0 aliphatic heterocycles. The molecule has 25 heavy (non-hydrogen) atoms. The van der Waals surface area contributed by atoms with E-state index in [1.165, 1.54) is 21.8 Å². The molecule has 4 nitrogen and oxygen atoms in total. The van der Waals surface area contributed by atoms with Crippen LogP contribution in [-0.2, 0) is 13.3 Å². The summed E-state index contributed by atoms with van der Waals surface area (Å²) in [7, 11) is -2.87. The van der Waals surface area contributed by atoms with Crippen LogP contribution in [-0.4, -0.2) is 33.2 Å². The molecule has 0 spiro atoms. The maximum Gasteiger partial charge on any atom is 0.524 e. The second kappa shape index (κ2) is 7.70. The van der Waals surface area contributed by atoms with Crippen molar-refractivity contribution in [2.75, 3.05) is 19.8 Å². The summed E-state index contributed by atoms with van der Waals surface area (Å²) in [4.78, 5) is 0. The number of hydrogen-bond acceptors (Lipinski definition) is 3. The molecule has 1 heterocycles. The summed E-state index contributed by atoms with van der Waals surface area (Å²) in [6.07, 6.45) is 0. The van der Waals surface area contributed by atoms with Gasteiger partial charge in [-0.15, -0.1) is 0 Å². The molecule has 1 unspecified atom stereocenters. The van der Waals surface area contributed by atoms with Gasteiger partial charge in [0.1, 0.15) is 5.67 Å². The number of nitrogens with zero attached hydrogens (tertiary/aromatic N) is 1. The Balaban J connectivity index is 2.24. The molecule has 0 bridgehead atoms. The lowest BCUT2D eigenvalue weighted by atomic mass is 10.2. The third kappa shape index (κ3) is 3.13. The van der Waals surface area contributed by atoms with Crippen LogP contribution in [0.5, 0.6) is 0 Å². The molecular weight excluding hydrogens is 330 g/mol. The van der Waals surface area contributed by atoms with Crippen LogP contribution in [0.25, 0.3) is 21.8 Å². The first kappa shape index (κ1) is 18.1. The second-order valence-corrected chi connectivity index (χ2v) is 8.89. The lowest BCUT2D eigenvalue weighted by Crippen LogP contribution is -2.52. The molecule has 1 aromatic heterocycles. The van der Waals surface area contributed by atoms with Crippen molar-refractivity contribution in [3.8, 4) is 0 Å². The first-order valence-corrected chi connectivity index (χ1v) is 10.9. The Labute approximate surface area is 150 Å². The fourth-order valence-corrected chi connectivity index (χ4v) is 6.39. The molecule has 0 fully saturated rings. The van der Waals surface area contributed by atoms with Crippen LogP contribution in [0.1, 0.15) is 33.4 Å². The zero-order valence-electron chi connectivity index (χ0n) is 15.5. The zero-order valence-corrected chi connectivity index (χ0v) is 16.5. The summed E-state index contributed by atoms with van der Waals surface area (Å²) in [6, 6.07) is 17.0. The van der Waals surface area contributed by atoms with Crippen LogP contribution >= 0.6 is 0 Å². The maximum absolute atomic E-state index is 6.17. The van der Waals surface area contributed by atoms with Gasteiger partial charge in [-0.3, -0.25) is 0 Å². The van der Waals surface area contributed by atoms with E-state index in [9.17, 15) is 0 Å². The summed E-state index contributed by atoms with van der Waals surface area (Å²) < 4.78 is 20.8. The Bertz CT molecular complexity index is 775. The van der Waals surface area contributed by atoms with Gasteiger partial charge in [-0.1, -0.05) is 36.4 Å². The Morgan fingerprint density at radius 1 is 0.760 bits per heavy atom. The number of aromatic nitrogens is 1. The largest absolute Gasteiger partial charge is 0.524 e. The van der Waals surface area contributed by atoms with Crippen molar-refractivity contribution in [1.82, 2.24) is 4.57 Å². The fraction of sp³-hybridized carbons (Fsp3) is 0.400. The molecule has 0 N–H and O–H groups in total. The van der Waals surface area contributed by atoms with Crippen molar-refractivity contribution < 1.29 is 13.3 Å². The van der Waals surface area contributed by atoms with E-state index >= 15 is 0 Å². The molecule has 1 atom stereocenters. The first-order valence-electron chi connectivity index (χ1n) is 9.08. The lowest BCUT2D eigenvalue weighted by Gasteiger charge is -2.34. The van der Waals surface area contributed by atoms with Crippen molar-refractivity contribution in [2.45, 2.75) is 33.4 Å². The number of para-hydroxylation sites is 2. The van der Waals surface area contributed by atoms with Crippen molar-refractivity contribution in [2.24, 2.45) is 0 Å². The van der Waals surface area contributed by atoms with Crippen molar-refractivity contribution in [3.63, 3.8) is 0 Å². The van der Waals surface area contributed by atoms with Gasteiger partial charge in [0.25, 0.3) is 0 Å². The predicted octanol–water partition coefficient (Wildman–Crippen LogP) is 4.94. The minimum Gasteiger partial charge on any atom is -0.373 e. The summed E-state index contributed by atoms with van der Waals surface area (Å²) in [6.45, 7) is 9.89. The normalized spacial score (nSPS) is 13.6. The minimum atomic E-state index is -2.87. The van der Waals surface area contributed by atoms with Gasteiger partial charge < -0.3 is 17.8 Å². The van der Waals surface area contributed by atoms with Crippen molar-refractivity contribution in [3.05, 3.63) is 48.5 Å². The van der Waals surface area contributed by atoms with Crippen LogP contribution in [0.4, 0.5) is 0 Å². The standard InChI is InChI=1S/C20H27NO3Si/c1-5-22-25(23-6-2,24-7-3)16(4)21-19-14-10-8-12-17(19)18-13-9-11-15-20(18)21/h8-16H,5-7H2,1-4H3. The Morgan fingerprint density at radius 2 is 1.16 bits per heavy atom. The molecule has 0 aliphatic carbocycles. The molecule has 3 rings (SSSR count). The van der Waals surface area contributed by atoms with Crippen LogP contribution in [0.15, 0.2) is 48.5 Å². The van der Waals surface area contributed by atoms with Crippen LogP contribution in [0, 0.1) is 0 Å². The molecule has 0 saturated heterocycles. The summed E-state index contributed by atoms with van der Waals surface area (Å²) in [5.74, 6) is 0. The highest BCUT2D eigenvalue weighted by molar-refractivity contribution is 6.61. The maximum atomic E-state index is 6.17. The summed E-state index contributed by atoms with van der Waals surface area (Å²) in [5.41, 5.74) is 2.36. The van der Waals surface area contributed by atoms with Gasteiger partial charge in [-0.2, -0.15) is 0 Å². The first-order chi connectivity index (χ1) is 12.2. The number of rotatable bonds is 8. The van der Waals surface area contributed by atoms with E-state index in [1.54, 1.807) is 0 Å². The third-order valence-electron chi connectivity index (χ3n) is 4.55.